The summed E-state index contributed by atoms with van der Waals surface area (Å²) in [4.78, 5) is 42.8. The maximum Gasteiger partial charge on any atom is 0.277 e. The third kappa shape index (κ3) is 5.16. The lowest BCUT2D eigenvalue weighted by Gasteiger charge is -2.36. The number of imide groups is 1. The fourth-order valence-corrected chi connectivity index (χ4v) is 4.21. The fourth-order valence-electron chi connectivity index (χ4n) is 4.21. The molecule has 2 aliphatic rings. The molecule has 1 fully saturated rings. The van der Waals surface area contributed by atoms with Crippen LogP contribution in [0.25, 0.3) is 5.57 Å². The SMILES string of the molecule is CC(C)OCCCN1C(=O)C(c2ccc([N+](=O)[O-])cc2)=C(N(C)C2CCN(C)CC2)C1=O. The van der Waals surface area contributed by atoms with Crippen LogP contribution in [0.1, 0.15) is 38.7 Å². The molecule has 2 amide bonds. The quantitative estimate of drug-likeness (QED) is 0.250. The lowest BCUT2D eigenvalue weighted by molar-refractivity contribution is -0.384. The van der Waals surface area contributed by atoms with Gasteiger partial charge in [-0.1, -0.05) is 0 Å². The van der Waals surface area contributed by atoms with Crippen molar-refractivity contribution < 1.29 is 19.2 Å². The van der Waals surface area contributed by atoms with Crippen molar-refractivity contribution in [1.29, 1.82) is 0 Å². The number of nitro groups is 1. The topological polar surface area (TPSA) is 96.2 Å². The third-order valence-electron chi connectivity index (χ3n) is 6.08. The number of nitrogens with zero attached hydrogens (tertiary/aromatic N) is 4. The van der Waals surface area contributed by atoms with Gasteiger partial charge < -0.3 is 14.5 Å². The number of hydrogen-bond acceptors (Lipinski definition) is 7. The van der Waals surface area contributed by atoms with Crippen molar-refractivity contribution in [1.82, 2.24) is 14.7 Å². The molecule has 0 atom stereocenters. The maximum absolute atomic E-state index is 13.4. The van der Waals surface area contributed by atoms with Crippen molar-refractivity contribution in [3.63, 3.8) is 0 Å². The van der Waals surface area contributed by atoms with Crippen molar-refractivity contribution in [2.24, 2.45) is 0 Å². The monoisotopic (exact) mass is 444 g/mol. The first-order chi connectivity index (χ1) is 15.2. The Bertz CT molecular complexity index is 888. The largest absolute Gasteiger partial charge is 0.379 e. The number of hydrogen-bond donors (Lipinski definition) is 0. The van der Waals surface area contributed by atoms with E-state index in [0.29, 0.717) is 29.9 Å². The first-order valence-corrected chi connectivity index (χ1v) is 11.1. The number of benzene rings is 1. The smallest absolute Gasteiger partial charge is 0.277 e. The van der Waals surface area contributed by atoms with Crippen molar-refractivity contribution >= 4 is 23.1 Å². The van der Waals surface area contributed by atoms with Crippen LogP contribution in [0.2, 0.25) is 0 Å². The Morgan fingerprint density at radius 2 is 1.78 bits per heavy atom. The van der Waals surface area contributed by atoms with Crippen LogP contribution in [0.4, 0.5) is 5.69 Å². The molecule has 32 heavy (non-hydrogen) atoms. The summed E-state index contributed by atoms with van der Waals surface area (Å²) >= 11 is 0. The zero-order valence-corrected chi connectivity index (χ0v) is 19.2. The lowest BCUT2D eigenvalue weighted by Crippen LogP contribution is -2.43. The van der Waals surface area contributed by atoms with E-state index in [1.807, 2.05) is 25.8 Å². The van der Waals surface area contributed by atoms with Crippen LogP contribution in [0.15, 0.2) is 30.0 Å². The molecule has 0 unspecified atom stereocenters. The predicted molar refractivity (Wildman–Crippen MR) is 121 cm³/mol. The molecular weight excluding hydrogens is 412 g/mol. The Labute approximate surface area is 188 Å². The molecule has 0 aromatic heterocycles. The summed E-state index contributed by atoms with van der Waals surface area (Å²) in [5.74, 6) is -0.669. The number of ether oxygens (including phenoxy) is 1. The van der Waals surface area contributed by atoms with Gasteiger partial charge in [-0.15, -0.1) is 0 Å². The molecule has 2 heterocycles. The van der Waals surface area contributed by atoms with E-state index >= 15 is 0 Å². The summed E-state index contributed by atoms with van der Waals surface area (Å²) in [5, 5.41) is 11.0. The van der Waals surface area contributed by atoms with Crippen LogP contribution in [-0.4, -0.2) is 83.9 Å². The Hall–Kier alpha value is -2.78. The molecule has 9 nitrogen and oxygen atoms in total. The minimum atomic E-state index is -0.480. The molecule has 2 aliphatic heterocycles. The predicted octanol–water partition coefficient (Wildman–Crippen LogP) is 2.52. The van der Waals surface area contributed by atoms with Gasteiger partial charge in [-0.05, 0) is 70.9 Å². The average molecular weight is 445 g/mol. The van der Waals surface area contributed by atoms with Gasteiger partial charge in [0.2, 0.25) is 0 Å². The van der Waals surface area contributed by atoms with E-state index in [-0.39, 0.29) is 36.2 Å². The van der Waals surface area contributed by atoms with E-state index in [1.165, 1.54) is 17.0 Å². The normalized spacial score (nSPS) is 18.2. The van der Waals surface area contributed by atoms with Gasteiger partial charge in [0.25, 0.3) is 17.5 Å². The number of likely N-dealkylation sites (tertiary alicyclic amines) is 1. The minimum absolute atomic E-state index is 0.0564. The first kappa shape index (κ1) is 23.9. The molecule has 3 rings (SSSR count). The first-order valence-electron chi connectivity index (χ1n) is 11.1. The van der Waals surface area contributed by atoms with Crippen molar-refractivity contribution in [2.75, 3.05) is 40.3 Å². The molecular formula is C23H32N4O5. The average Bonchev–Trinajstić information content (AvgIpc) is 3.01. The minimum Gasteiger partial charge on any atom is -0.379 e. The molecule has 1 saturated heterocycles. The molecule has 0 N–H and O–H groups in total. The summed E-state index contributed by atoms with van der Waals surface area (Å²) in [5.41, 5.74) is 1.16. The van der Waals surface area contributed by atoms with E-state index in [1.54, 1.807) is 12.1 Å². The van der Waals surface area contributed by atoms with Gasteiger partial charge in [0.15, 0.2) is 0 Å². The second-order valence-electron chi connectivity index (χ2n) is 8.71. The zero-order chi connectivity index (χ0) is 23.4. The maximum atomic E-state index is 13.4. The van der Waals surface area contributed by atoms with Crippen LogP contribution in [0.3, 0.4) is 0 Å². The number of amides is 2. The second-order valence-corrected chi connectivity index (χ2v) is 8.71. The van der Waals surface area contributed by atoms with Crippen LogP contribution in [0, 0.1) is 10.1 Å². The van der Waals surface area contributed by atoms with Crippen LogP contribution < -0.4 is 0 Å². The summed E-state index contributed by atoms with van der Waals surface area (Å²) < 4.78 is 5.56. The summed E-state index contributed by atoms with van der Waals surface area (Å²) in [7, 11) is 3.94. The van der Waals surface area contributed by atoms with Gasteiger partial charge in [0, 0.05) is 38.4 Å². The summed E-state index contributed by atoms with van der Waals surface area (Å²) in [6, 6.07) is 5.98. The van der Waals surface area contributed by atoms with Gasteiger partial charge >= 0.3 is 0 Å². The summed E-state index contributed by atoms with van der Waals surface area (Å²) in [6.07, 6.45) is 2.43. The van der Waals surface area contributed by atoms with E-state index in [0.717, 1.165) is 25.9 Å². The van der Waals surface area contributed by atoms with E-state index < -0.39 is 4.92 Å². The fraction of sp³-hybridized carbons (Fsp3) is 0.565. The van der Waals surface area contributed by atoms with E-state index in [4.69, 9.17) is 4.74 Å². The molecule has 1 aromatic carbocycles. The Balaban J connectivity index is 1.90. The highest BCUT2D eigenvalue weighted by molar-refractivity contribution is 6.35. The van der Waals surface area contributed by atoms with Crippen LogP contribution in [0.5, 0.6) is 0 Å². The van der Waals surface area contributed by atoms with Gasteiger partial charge in [-0.3, -0.25) is 24.6 Å². The van der Waals surface area contributed by atoms with Crippen molar-refractivity contribution in [2.45, 2.75) is 45.3 Å². The molecule has 0 aliphatic carbocycles. The second kappa shape index (κ2) is 10.2. The van der Waals surface area contributed by atoms with E-state index in [9.17, 15) is 19.7 Å². The highest BCUT2D eigenvalue weighted by Crippen LogP contribution is 2.34. The number of carbonyl (C=O) groups is 2. The molecule has 174 valence electrons. The number of carbonyl (C=O) groups excluding carboxylic acids is 2. The molecule has 0 radical (unpaired) electrons. The van der Waals surface area contributed by atoms with Crippen LogP contribution in [-0.2, 0) is 14.3 Å². The Morgan fingerprint density at radius 1 is 1.16 bits per heavy atom. The van der Waals surface area contributed by atoms with Crippen LogP contribution >= 0.6 is 0 Å². The molecule has 9 heteroatoms. The standard InChI is InChI=1S/C23H32N4O5/c1-16(2)32-15-5-12-26-22(28)20(17-6-8-19(9-7-17)27(30)31)21(23(26)29)25(4)18-10-13-24(3)14-11-18/h6-9,16,18H,5,10-15H2,1-4H3. The Morgan fingerprint density at radius 3 is 2.34 bits per heavy atom. The third-order valence-corrected chi connectivity index (χ3v) is 6.08. The number of nitro benzene ring substituents is 1. The zero-order valence-electron chi connectivity index (χ0n) is 19.2. The Kier molecular flexibility index (Phi) is 7.63. The lowest BCUT2D eigenvalue weighted by atomic mass is 10.00. The van der Waals surface area contributed by atoms with Gasteiger partial charge in [-0.2, -0.15) is 0 Å². The highest BCUT2D eigenvalue weighted by Gasteiger charge is 2.42. The number of rotatable bonds is 9. The van der Waals surface area contributed by atoms with Gasteiger partial charge in [0.05, 0.1) is 16.6 Å². The van der Waals surface area contributed by atoms with Gasteiger partial charge in [-0.25, -0.2) is 0 Å². The van der Waals surface area contributed by atoms with Crippen molar-refractivity contribution in [3.8, 4) is 0 Å². The molecule has 1 aromatic rings. The van der Waals surface area contributed by atoms with E-state index in [2.05, 4.69) is 11.9 Å². The van der Waals surface area contributed by atoms with Crippen molar-refractivity contribution in [3.05, 3.63) is 45.6 Å². The summed E-state index contributed by atoms with van der Waals surface area (Å²) in [6.45, 7) is 6.46. The molecule has 0 spiro atoms. The number of piperidine rings is 1. The molecule has 0 bridgehead atoms. The number of non-ortho nitro benzene ring substituents is 1. The number of likely N-dealkylation sites (N-methyl/N-ethyl adjacent to an activating group) is 1. The van der Waals surface area contributed by atoms with Gasteiger partial charge in [0.1, 0.15) is 5.70 Å². The molecule has 0 saturated carbocycles. The highest BCUT2D eigenvalue weighted by atomic mass is 16.6.